The van der Waals surface area contributed by atoms with Crippen LogP contribution in [0.3, 0.4) is 0 Å². The van der Waals surface area contributed by atoms with Crippen LogP contribution in [0.1, 0.15) is 12.8 Å². The summed E-state index contributed by atoms with van der Waals surface area (Å²) in [5.41, 5.74) is 0. The van der Waals surface area contributed by atoms with Crippen molar-refractivity contribution >= 4 is 12.0 Å². The van der Waals surface area contributed by atoms with E-state index in [4.69, 9.17) is 9.84 Å². The fourth-order valence-electron chi connectivity index (χ4n) is 2.82. The van der Waals surface area contributed by atoms with Crippen molar-refractivity contribution in [3.05, 3.63) is 0 Å². The molecule has 0 saturated carbocycles. The summed E-state index contributed by atoms with van der Waals surface area (Å²) in [4.78, 5) is 28.8. The molecule has 0 aliphatic carbocycles. The van der Waals surface area contributed by atoms with Crippen LogP contribution in [0.5, 0.6) is 0 Å². The first-order valence-electron chi connectivity index (χ1n) is 7.03. The molecule has 2 saturated heterocycles. The van der Waals surface area contributed by atoms with Gasteiger partial charge in [0, 0.05) is 26.2 Å². The third kappa shape index (κ3) is 3.40. The number of aliphatic carboxylic acids is 1. The summed E-state index contributed by atoms with van der Waals surface area (Å²) in [5.74, 6) is -1.01. The Morgan fingerprint density at radius 3 is 2.75 bits per heavy atom. The highest BCUT2D eigenvalue weighted by atomic mass is 16.5. The molecule has 7 heteroatoms. The average Bonchev–Trinajstić information content (AvgIpc) is 2.83. The Hall–Kier alpha value is -1.34. The third-order valence-corrected chi connectivity index (χ3v) is 4.10. The lowest BCUT2D eigenvalue weighted by Crippen LogP contribution is -2.53. The Kier molecular flexibility index (Phi) is 4.82. The molecule has 0 radical (unpaired) electrons. The molecule has 2 atom stereocenters. The summed E-state index contributed by atoms with van der Waals surface area (Å²) in [6.45, 7) is 2.61. The van der Waals surface area contributed by atoms with Crippen LogP contribution in [0.2, 0.25) is 0 Å². The molecule has 1 N–H and O–H groups in total. The highest BCUT2D eigenvalue weighted by Crippen LogP contribution is 2.16. The van der Waals surface area contributed by atoms with E-state index >= 15 is 0 Å². The highest BCUT2D eigenvalue weighted by molar-refractivity contribution is 5.77. The topological polar surface area (TPSA) is 73.3 Å². The Morgan fingerprint density at radius 1 is 1.40 bits per heavy atom. The zero-order valence-electron chi connectivity index (χ0n) is 12.1. The quantitative estimate of drug-likeness (QED) is 0.785. The minimum Gasteiger partial charge on any atom is -0.479 e. The van der Waals surface area contributed by atoms with E-state index < -0.39 is 12.1 Å². The Morgan fingerprint density at radius 2 is 2.15 bits per heavy atom. The molecule has 2 rings (SSSR count). The van der Waals surface area contributed by atoms with Crippen molar-refractivity contribution in [2.24, 2.45) is 0 Å². The number of likely N-dealkylation sites (N-methyl/N-ethyl adjacent to an activating group) is 2. The largest absolute Gasteiger partial charge is 0.479 e. The van der Waals surface area contributed by atoms with Crippen molar-refractivity contribution in [2.75, 3.05) is 46.9 Å². The fourth-order valence-corrected chi connectivity index (χ4v) is 2.82. The normalized spacial score (nSPS) is 27.6. The molecule has 114 valence electrons. The summed E-state index contributed by atoms with van der Waals surface area (Å²) in [5, 5.41) is 8.96. The second kappa shape index (κ2) is 6.41. The van der Waals surface area contributed by atoms with Crippen LogP contribution in [0, 0.1) is 0 Å². The number of likely N-dealkylation sites (tertiary alicyclic amines) is 1. The van der Waals surface area contributed by atoms with Crippen molar-refractivity contribution in [3.8, 4) is 0 Å². The van der Waals surface area contributed by atoms with Crippen LogP contribution in [-0.4, -0.2) is 90.8 Å². The summed E-state index contributed by atoms with van der Waals surface area (Å²) in [6, 6.07) is 0.292. The van der Waals surface area contributed by atoms with Gasteiger partial charge < -0.3 is 24.5 Å². The summed E-state index contributed by atoms with van der Waals surface area (Å²) in [7, 11) is 3.85. The number of carboxylic acids is 1. The SMILES string of the molecule is CN(CC1CCCN1C)C(=O)N1CCOC(C(=O)O)C1. The third-order valence-electron chi connectivity index (χ3n) is 4.10. The van der Waals surface area contributed by atoms with E-state index in [9.17, 15) is 9.59 Å². The number of rotatable bonds is 3. The average molecular weight is 285 g/mol. The van der Waals surface area contributed by atoms with E-state index in [-0.39, 0.29) is 19.2 Å². The van der Waals surface area contributed by atoms with Crippen LogP contribution in [0.25, 0.3) is 0 Å². The monoisotopic (exact) mass is 285 g/mol. The van der Waals surface area contributed by atoms with Gasteiger partial charge in [0.25, 0.3) is 0 Å². The van der Waals surface area contributed by atoms with E-state index in [2.05, 4.69) is 11.9 Å². The zero-order valence-corrected chi connectivity index (χ0v) is 12.1. The van der Waals surface area contributed by atoms with Gasteiger partial charge in [0.2, 0.25) is 0 Å². The number of carbonyl (C=O) groups excluding carboxylic acids is 1. The molecule has 2 aliphatic rings. The maximum Gasteiger partial charge on any atom is 0.334 e. The van der Waals surface area contributed by atoms with Gasteiger partial charge in [0.05, 0.1) is 13.2 Å². The molecule has 2 fully saturated rings. The van der Waals surface area contributed by atoms with Crippen molar-refractivity contribution in [1.82, 2.24) is 14.7 Å². The summed E-state index contributed by atoms with van der Waals surface area (Å²) in [6.07, 6.45) is 1.37. The van der Waals surface area contributed by atoms with Gasteiger partial charge in [-0.1, -0.05) is 0 Å². The van der Waals surface area contributed by atoms with Crippen molar-refractivity contribution < 1.29 is 19.4 Å². The Bertz CT molecular complexity index is 377. The number of morpholine rings is 1. The molecule has 7 nitrogen and oxygen atoms in total. The second-order valence-corrected chi connectivity index (χ2v) is 5.58. The molecule has 2 amide bonds. The van der Waals surface area contributed by atoms with Gasteiger partial charge >= 0.3 is 12.0 Å². The van der Waals surface area contributed by atoms with Crippen LogP contribution >= 0.6 is 0 Å². The van der Waals surface area contributed by atoms with Gasteiger partial charge in [-0.15, -0.1) is 0 Å². The zero-order chi connectivity index (χ0) is 14.7. The first-order chi connectivity index (χ1) is 9.49. The molecular formula is C13H23N3O4. The number of hydrogen-bond acceptors (Lipinski definition) is 4. The number of ether oxygens (including phenoxy) is 1. The molecule has 0 bridgehead atoms. The van der Waals surface area contributed by atoms with Gasteiger partial charge in [0.1, 0.15) is 0 Å². The van der Waals surface area contributed by atoms with Crippen molar-refractivity contribution in [1.29, 1.82) is 0 Å². The maximum absolute atomic E-state index is 12.3. The van der Waals surface area contributed by atoms with E-state index in [1.54, 1.807) is 16.8 Å². The van der Waals surface area contributed by atoms with E-state index in [1.807, 2.05) is 0 Å². The minimum atomic E-state index is -1.01. The lowest BCUT2D eigenvalue weighted by molar-refractivity contribution is -0.154. The number of carbonyl (C=O) groups is 2. The molecule has 0 aromatic rings. The van der Waals surface area contributed by atoms with Crippen LogP contribution in [-0.2, 0) is 9.53 Å². The van der Waals surface area contributed by atoms with Crippen LogP contribution in [0.15, 0.2) is 0 Å². The molecular weight excluding hydrogens is 262 g/mol. The van der Waals surface area contributed by atoms with Gasteiger partial charge in [-0.05, 0) is 26.4 Å². The number of urea groups is 1. The van der Waals surface area contributed by atoms with Crippen molar-refractivity contribution in [3.63, 3.8) is 0 Å². The first-order valence-corrected chi connectivity index (χ1v) is 7.03. The molecule has 2 unspecified atom stereocenters. The number of hydrogen-bond donors (Lipinski definition) is 1. The molecule has 2 heterocycles. The van der Waals surface area contributed by atoms with Crippen molar-refractivity contribution in [2.45, 2.75) is 25.0 Å². The van der Waals surface area contributed by atoms with Gasteiger partial charge in [0.15, 0.2) is 6.10 Å². The molecule has 0 spiro atoms. The fraction of sp³-hybridized carbons (Fsp3) is 0.846. The number of amides is 2. The number of nitrogens with zero attached hydrogens (tertiary/aromatic N) is 3. The second-order valence-electron chi connectivity index (χ2n) is 5.58. The maximum atomic E-state index is 12.3. The molecule has 2 aliphatic heterocycles. The Balaban J connectivity index is 1.87. The van der Waals surface area contributed by atoms with Gasteiger partial charge in [-0.25, -0.2) is 9.59 Å². The molecule has 0 aromatic carbocycles. The van der Waals surface area contributed by atoms with Crippen LogP contribution in [0.4, 0.5) is 4.79 Å². The predicted octanol–water partition coefficient (Wildman–Crippen LogP) is -0.0822. The Labute approximate surface area is 119 Å². The predicted molar refractivity (Wildman–Crippen MR) is 72.6 cm³/mol. The molecule has 20 heavy (non-hydrogen) atoms. The van der Waals surface area contributed by atoms with Crippen LogP contribution < -0.4 is 0 Å². The van der Waals surface area contributed by atoms with Gasteiger partial charge in [-0.2, -0.15) is 0 Å². The lowest BCUT2D eigenvalue weighted by Gasteiger charge is -2.35. The van der Waals surface area contributed by atoms with E-state index in [0.717, 1.165) is 13.0 Å². The van der Waals surface area contributed by atoms with Gasteiger partial charge in [-0.3, -0.25) is 0 Å². The highest BCUT2D eigenvalue weighted by Gasteiger charge is 2.31. The minimum absolute atomic E-state index is 0.111. The smallest absolute Gasteiger partial charge is 0.334 e. The van der Waals surface area contributed by atoms with E-state index in [1.165, 1.54) is 6.42 Å². The standard InChI is InChI=1S/C13H23N3O4/c1-14-5-3-4-10(14)8-15(2)13(19)16-6-7-20-11(9-16)12(17)18/h10-11H,3-9H2,1-2H3,(H,17,18). The summed E-state index contributed by atoms with van der Waals surface area (Å²) < 4.78 is 5.13. The first kappa shape index (κ1) is 15.1. The summed E-state index contributed by atoms with van der Waals surface area (Å²) >= 11 is 0. The lowest BCUT2D eigenvalue weighted by atomic mass is 10.2. The molecule has 0 aromatic heterocycles. The number of carboxylic acid groups (broad SMARTS) is 1. The van der Waals surface area contributed by atoms with E-state index in [0.29, 0.717) is 19.1 Å².